The van der Waals surface area contributed by atoms with Crippen LogP contribution in [0.15, 0.2) is 78.9 Å². The number of rotatable bonds is 3. The van der Waals surface area contributed by atoms with Crippen molar-refractivity contribution in [1.29, 1.82) is 0 Å². The highest BCUT2D eigenvalue weighted by atomic mass is 19.1. The molecule has 0 atom stereocenters. The Kier molecular flexibility index (Phi) is 5.45. The lowest BCUT2D eigenvalue weighted by Gasteiger charge is -2.04. The fourth-order valence-electron chi connectivity index (χ4n) is 3.48. The van der Waals surface area contributed by atoms with Gasteiger partial charge in [-0.05, 0) is 58.7 Å². The van der Waals surface area contributed by atoms with Gasteiger partial charge in [-0.25, -0.2) is 4.39 Å². The summed E-state index contributed by atoms with van der Waals surface area (Å²) < 4.78 is 14.9. The van der Waals surface area contributed by atoms with Gasteiger partial charge in [-0.2, -0.15) is 0 Å². The molecule has 0 aliphatic heterocycles. The first-order chi connectivity index (χ1) is 14.2. The molecule has 0 saturated heterocycles. The first kappa shape index (κ1) is 19.0. The molecule has 0 aromatic heterocycles. The van der Waals surface area contributed by atoms with E-state index < -0.39 is 0 Å². The van der Waals surface area contributed by atoms with E-state index in [0.717, 1.165) is 29.4 Å². The van der Waals surface area contributed by atoms with Crippen LogP contribution in [0.5, 0.6) is 0 Å². The number of fused-ring (bicyclic) bond motifs is 1. The molecule has 0 heterocycles. The van der Waals surface area contributed by atoms with E-state index in [0.29, 0.717) is 10.9 Å². The standard InChI is InChI=1S/C28H23F/c1-3-20-5-11-23(12-6-20)24-13-7-22(8-14-24)9-15-25-16-17-26-19-21(4-2)10-18-27(26)28(25)29/h5-8,10-14,16-19H,3-4H2,1-2H3. The summed E-state index contributed by atoms with van der Waals surface area (Å²) in [5, 5.41) is 1.55. The molecule has 0 aliphatic rings. The van der Waals surface area contributed by atoms with Crippen LogP contribution in [0, 0.1) is 17.7 Å². The van der Waals surface area contributed by atoms with E-state index in [-0.39, 0.29) is 5.82 Å². The van der Waals surface area contributed by atoms with E-state index in [1.165, 1.54) is 16.7 Å². The van der Waals surface area contributed by atoms with Gasteiger partial charge in [0, 0.05) is 10.9 Å². The third-order valence-corrected chi connectivity index (χ3v) is 5.35. The molecule has 4 rings (SSSR count). The van der Waals surface area contributed by atoms with Gasteiger partial charge >= 0.3 is 0 Å². The monoisotopic (exact) mass is 378 g/mol. The number of hydrogen-bond acceptors (Lipinski definition) is 0. The van der Waals surface area contributed by atoms with Crippen LogP contribution in [0.25, 0.3) is 21.9 Å². The maximum atomic E-state index is 14.9. The fourth-order valence-corrected chi connectivity index (χ4v) is 3.48. The van der Waals surface area contributed by atoms with Gasteiger partial charge in [0.1, 0.15) is 5.82 Å². The molecule has 142 valence electrons. The lowest BCUT2D eigenvalue weighted by molar-refractivity contribution is 0.636. The van der Waals surface area contributed by atoms with Crippen molar-refractivity contribution in [3.05, 3.63) is 107 Å². The minimum absolute atomic E-state index is 0.245. The molecule has 4 aromatic carbocycles. The van der Waals surface area contributed by atoms with E-state index in [2.05, 4.69) is 62.1 Å². The van der Waals surface area contributed by atoms with E-state index in [4.69, 9.17) is 0 Å². The Labute approximate surface area is 172 Å². The molecule has 0 nitrogen and oxygen atoms in total. The fraction of sp³-hybridized carbons (Fsp3) is 0.143. The van der Waals surface area contributed by atoms with Crippen molar-refractivity contribution in [2.75, 3.05) is 0 Å². The van der Waals surface area contributed by atoms with Crippen molar-refractivity contribution in [3.63, 3.8) is 0 Å². The van der Waals surface area contributed by atoms with Gasteiger partial charge < -0.3 is 0 Å². The highest BCUT2D eigenvalue weighted by Gasteiger charge is 2.06. The number of aryl methyl sites for hydroxylation is 2. The minimum Gasteiger partial charge on any atom is -0.205 e. The lowest BCUT2D eigenvalue weighted by Crippen LogP contribution is -1.88. The van der Waals surface area contributed by atoms with E-state index >= 15 is 0 Å². The van der Waals surface area contributed by atoms with E-state index in [1.807, 2.05) is 36.4 Å². The average Bonchev–Trinajstić information content (AvgIpc) is 2.79. The number of benzene rings is 4. The normalized spacial score (nSPS) is 10.6. The maximum Gasteiger partial charge on any atom is 0.146 e. The van der Waals surface area contributed by atoms with Gasteiger partial charge in [-0.15, -0.1) is 0 Å². The Balaban J connectivity index is 1.59. The summed E-state index contributed by atoms with van der Waals surface area (Å²) in [7, 11) is 0. The first-order valence-electron chi connectivity index (χ1n) is 10.1. The Morgan fingerprint density at radius 3 is 1.93 bits per heavy atom. The summed E-state index contributed by atoms with van der Waals surface area (Å²) >= 11 is 0. The summed E-state index contributed by atoms with van der Waals surface area (Å²) in [6, 6.07) is 26.3. The molecule has 29 heavy (non-hydrogen) atoms. The molecule has 0 N–H and O–H groups in total. The Morgan fingerprint density at radius 1 is 0.655 bits per heavy atom. The molecule has 4 aromatic rings. The van der Waals surface area contributed by atoms with Gasteiger partial charge in [0.25, 0.3) is 0 Å². The van der Waals surface area contributed by atoms with Crippen molar-refractivity contribution in [2.24, 2.45) is 0 Å². The number of halogens is 1. The van der Waals surface area contributed by atoms with E-state index in [1.54, 1.807) is 6.07 Å². The summed E-state index contributed by atoms with van der Waals surface area (Å²) in [6.07, 6.45) is 1.98. The topological polar surface area (TPSA) is 0 Å². The SMILES string of the molecule is CCc1ccc(-c2ccc(C#Cc3ccc4cc(CC)ccc4c3F)cc2)cc1. The molecule has 0 unspecified atom stereocenters. The zero-order chi connectivity index (χ0) is 20.2. The van der Waals surface area contributed by atoms with Crippen LogP contribution in [0.2, 0.25) is 0 Å². The van der Waals surface area contributed by atoms with E-state index in [9.17, 15) is 4.39 Å². The molecule has 0 spiro atoms. The first-order valence-corrected chi connectivity index (χ1v) is 10.1. The van der Waals surface area contributed by atoms with Crippen LogP contribution in [0.3, 0.4) is 0 Å². The summed E-state index contributed by atoms with van der Waals surface area (Å²) in [5.74, 6) is 5.85. The zero-order valence-electron chi connectivity index (χ0n) is 16.8. The Hall–Kier alpha value is -3.37. The number of hydrogen-bond donors (Lipinski definition) is 0. The summed E-state index contributed by atoms with van der Waals surface area (Å²) in [4.78, 5) is 0. The van der Waals surface area contributed by atoms with Crippen LogP contribution in [-0.4, -0.2) is 0 Å². The van der Waals surface area contributed by atoms with Gasteiger partial charge in [0.15, 0.2) is 0 Å². The van der Waals surface area contributed by atoms with Crippen LogP contribution in [0.4, 0.5) is 4.39 Å². The van der Waals surface area contributed by atoms with Crippen LogP contribution in [-0.2, 0) is 12.8 Å². The third-order valence-electron chi connectivity index (χ3n) is 5.35. The Bertz CT molecular complexity index is 1200. The second-order valence-electron chi connectivity index (χ2n) is 7.21. The van der Waals surface area contributed by atoms with Crippen LogP contribution < -0.4 is 0 Å². The Morgan fingerprint density at radius 2 is 1.28 bits per heavy atom. The van der Waals surface area contributed by atoms with Gasteiger partial charge in [-0.3, -0.25) is 0 Å². The summed E-state index contributed by atoms with van der Waals surface area (Å²) in [6.45, 7) is 4.26. The minimum atomic E-state index is -0.245. The predicted molar refractivity (Wildman–Crippen MR) is 121 cm³/mol. The van der Waals surface area contributed by atoms with Crippen molar-refractivity contribution >= 4 is 10.8 Å². The zero-order valence-corrected chi connectivity index (χ0v) is 16.8. The quantitative estimate of drug-likeness (QED) is 0.331. The van der Waals surface area contributed by atoms with Crippen molar-refractivity contribution in [2.45, 2.75) is 26.7 Å². The maximum absolute atomic E-state index is 14.9. The van der Waals surface area contributed by atoms with Gasteiger partial charge in [0.2, 0.25) is 0 Å². The molecular formula is C28H23F. The smallest absolute Gasteiger partial charge is 0.146 e. The van der Waals surface area contributed by atoms with Crippen molar-refractivity contribution in [3.8, 4) is 23.0 Å². The summed E-state index contributed by atoms with van der Waals surface area (Å²) in [5.41, 5.74) is 6.19. The molecule has 0 radical (unpaired) electrons. The van der Waals surface area contributed by atoms with Crippen LogP contribution >= 0.6 is 0 Å². The van der Waals surface area contributed by atoms with Crippen molar-refractivity contribution < 1.29 is 4.39 Å². The molecule has 0 amide bonds. The molecule has 0 bridgehead atoms. The second-order valence-corrected chi connectivity index (χ2v) is 7.21. The predicted octanol–water partition coefficient (Wildman–Crippen LogP) is 7.17. The second kappa shape index (κ2) is 8.33. The highest BCUT2D eigenvalue weighted by molar-refractivity contribution is 5.85. The highest BCUT2D eigenvalue weighted by Crippen LogP contribution is 2.23. The molecule has 0 saturated carbocycles. The molecule has 0 fully saturated rings. The molecule has 1 heteroatoms. The van der Waals surface area contributed by atoms with Gasteiger partial charge in [-0.1, -0.05) is 86.4 Å². The van der Waals surface area contributed by atoms with Crippen molar-refractivity contribution in [1.82, 2.24) is 0 Å². The lowest BCUT2D eigenvalue weighted by atomic mass is 10.0. The largest absolute Gasteiger partial charge is 0.205 e. The van der Waals surface area contributed by atoms with Crippen LogP contribution in [0.1, 0.15) is 36.1 Å². The molecular weight excluding hydrogens is 355 g/mol. The average molecular weight is 378 g/mol. The van der Waals surface area contributed by atoms with Gasteiger partial charge in [0.05, 0.1) is 5.56 Å². The third kappa shape index (κ3) is 4.08. The molecule has 0 aliphatic carbocycles.